The van der Waals surface area contributed by atoms with E-state index in [4.69, 9.17) is 0 Å². The molecule has 0 bridgehead atoms. The minimum Gasteiger partial charge on any atom is -0.391 e. The molecular weight excluding hydrogens is 294 g/mol. The molecule has 0 aromatic carbocycles. The van der Waals surface area contributed by atoms with Gasteiger partial charge in [0.1, 0.15) is 12.1 Å². The first-order valence-corrected chi connectivity index (χ1v) is 7.88. The third kappa shape index (κ3) is 4.07. The second-order valence-corrected chi connectivity index (χ2v) is 5.78. The fraction of sp³-hybridized carbons (Fsp3) is 0.438. The number of pyridine rings is 1. The Balaban J connectivity index is 1.54. The maximum atomic E-state index is 12.0. The molecule has 7 heteroatoms. The van der Waals surface area contributed by atoms with Crippen LogP contribution in [0, 0.1) is 0 Å². The Hall–Kier alpha value is -2.41. The SMILES string of the molecule is O=C(NCc1ccnc(-n2ccnc2)c1)NC1CCCCC1O. The van der Waals surface area contributed by atoms with Crippen molar-refractivity contribution in [2.45, 2.75) is 44.4 Å². The summed E-state index contributed by atoms with van der Waals surface area (Å²) < 4.78 is 1.81. The smallest absolute Gasteiger partial charge is 0.315 e. The van der Waals surface area contributed by atoms with Gasteiger partial charge >= 0.3 is 6.03 Å². The van der Waals surface area contributed by atoms with Crippen molar-refractivity contribution in [2.24, 2.45) is 0 Å². The van der Waals surface area contributed by atoms with Gasteiger partial charge in [0, 0.05) is 25.1 Å². The summed E-state index contributed by atoms with van der Waals surface area (Å²) in [5.41, 5.74) is 0.947. The third-order valence-electron chi connectivity index (χ3n) is 4.08. The Labute approximate surface area is 134 Å². The Morgan fingerprint density at radius 1 is 1.35 bits per heavy atom. The lowest BCUT2D eigenvalue weighted by Crippen LogP contribution is -2.48. The standard InChI is InChI=1S/C16H21N5O2/c22-14-4-2-1-3-13(14)20-16(23)19-10-12-5-6-18-15(9-12)21-8-7-17-11-21/h5-9,11,13-14,22H,1-4,10H2,(H2,19,20,23). The minimum atomic E-state index is -0.441. The molecule has 0 saturated heterocycles. The van der Waals surface area contributed by atoms with E-state index in [-0.39, 0.29) is 12.1 Å². The number of rotatable bonds is 4. The number of hydrogen-bond acceptors (Lipinski definition) is 4. The Morgan fingerprint density at radius 2 is 2.22 bits per heavy atom. The maximum Gasteiger partial charge on any atom is 0.315 e. The Bertz CT molecular complexity index is 644. The molecule has 7 nitrogen and oxygen atoms in total. The van der Waals surface area contributed by atoms with E-state index in [1.165, 1.54) is 0 Å². The molecule has 0 aliphatic heterocycles. The second kappa shape index (κ2) is 7.23. The van der Waals surface area contributed by atoms with Crippen molar-refractivity contribution in [1.82, 2.24) is 25.2 Å². The summed E-state index contributed by atoms with van der Waals surface area (Å²) in [5, 5.41) is 15.6. The van der Waals surface area contributed by atoms with Crippen LogP contribution < -0.4 is 10.6 Å². The maximum absolute atomic E-state index is 12.0. The van der Waals surface area contributed by atoms with Crippen molar-refractivity contribution in [3.63, 3.8) is 0 Å². The molecule has 1 saturated carbocycles. The molecule has 2 atom stereocenters. The van der Waals surface area contributed by atoms with Crippen LogP contribution in [0.1, 0.15) is 31.2 Å². The predicted molar refractivity (Wildman–Crippen MR) is 85.0 cm³/mol. The highest BCUT2D eigenvalue weighted by molar-refractivity contribution is 5.74. The van der Waals surface area contributed by atoms with Gasteiger partial charge < -0.3 is 15.7 Å². The minimum absolute atomic E-state index is 0.150. The molecule has 0 radical (unpaired) electrons. The van der Waals surface area contributed by atoms with Gasteiger partial charge in [-0.3, -0.25) is 4.57 Å². The molecule has 3 N–H and O–H groups in total. The quantitative estimate of drug-likeness (QED) is 0.794. The highest BCUT2D eigenvalue weighted by atomic mass is 16.3. The van der Waals surface area contributed by atoms with Crippen LogP contribution in [0.4, 0.5) is 4.79 Å². The molecule has 0 spiro atoms. The summed E-state index contributed by atoms with van der Waals surface area (Å²) >= 11 is 0. The van der Waals surface area contributed by atoms with Crippen LogP contribution in [0.5, 0.6) is 0 Å². The predicted octanol–water partition coefficient (Wildman–Crippen LogP) is 1.37. The number of carbonyl (C=O) groups is 1. The normalized spacial score (nSPS) is 20.9. The Morgan fingerprint density at radius 3 is 3.00 bits per heavy atom. The van der Waals surface area contributed by atoms with Gasteiger partial charge in [-0.1, -0.05) is 12.8 Å². The van der Waals surface area contributed by atoms with Crippen molar-refractivity contribution in [3.8, 4) is 5.82 Å². The number of aliphatic hydroxyl groups excluding tert-OH is 1. The highest BCUT2D eigenvalue weighted by Gasteiger charge is 2.24. The molecule has 23 heavy (non-hydrogen) atoms. The summed E-state index contributed by atoms with van der Waals surface area (Å²) in [5.74, 6) is 0.755. The van der Waals surface area contributed by atoms with Crippen molar-refractivity contribution in [2.75, 3.05) is 0 Å². The fourth-order valence-electron chi connectivity index (χ4n) is 2.79. The number of urea groups is 1. The lowest BCUT2D eigenvalue weighted by Gasteiger charge is -2.28. The van der Waals surface area contributed by atoms with Gasteiger partial charge in [-0.15, -0.1) is 0 Å². The van der Waals surface area contributed by atoms with Gasteiger partial charge in [0.25, 0.3) is 0 Å². The number of hydrogen-bond donors (Lipinski definition) is 3. The van der Waals surface area contributed by atoms with Gasteiger partial charge in [-0.2, -0.15) is 0 Å². The Kier molecular flexibility index (Phi) is 4.87. The van der Waals surface area contributed by atoms with Crippen LogP contribution in [0.3, 0.4) is 0 Å². The van der Waals surface area contributed by atoms with Crippen LogP contribution in [0.25, 0.3) is 5.82 Å². The molecule has 2 aromatic heterocycles. The van der Waals surface area contributed by atoms with Crippen LogP contribution in [-0.4, -0.2) is 37.8 Å². The van der Waals surface area contributed by atoms with Crippen LogP contribution >= 0.6 is 0 Å². The first kappa shape index (κ1) is 15.5. The molecule has 2 unspecified atom stereocenters. The number of amides is 2. The molecular formula is C16H21N5O2. The molecule has 1 aliphatic carbocycles. The highest BCUT2D eigenvalue weighted by Crippen LogP contribution is 2.18. The van der Waals surface area contributed by atoms with Gasteiger partial charge in [0.2, 0.25) is 0 Å². The summed E-state index contributed by atoms with van der Waals surface area (Å²) in [4.78, 5) is 20.2. The van der Waals surface area contributed by atoms with Gasteiger partial charge in [0.15, 0.2) is 0 Å². The van der Waals surface area contributed by atoms with Crippen LogP contribution in [0.2, 0.25) is 0 Å². The van der Waals surface area contributed by atoms with E-state index in [0.717, 1.165) is 37.1 Å². The molecule has 2 amide bonds. The van der Waals surface area contributed by atoms with E-state index in [0.29, 0.717) is 6.54 Å². The molecule has 2 aromatic rings. The zero-order valence-electron chi connectivity index (χ0n) is 12.9. The lowest BCUT2D eigenvalue weighted by atomic mass is 9.93. The van der Waals surface area contributed by atoms with E-state index in [1.54, 1.807) is 18.7 Å². The fourth-order valence-corrected chi connectivity index (χ4v) is 2.79. The molecule has 3 rings (SSSR count). The summed E-state index contributed by atoms with van der Waals surface area (Å²) in [6.45, 7) is 0.402. The second-order valence-electron chi connectivity index (χ2n) is 5.78. The zero-order valence-corrected chi connectivity index (χ0v) is 12.9. The first-order valence-electron chi connectivity index (χ1n) is 7.88. The van der Waals surface area contributed by atoms with E-state index < -0.39 is 6.10 Å². The van der Waals surface area contributed by atoms with Crippen LogP contribution in [0.15, 0.2) is 37.1 Å². The molecule has 122 valence electrons. The van der Waals surface area contributed by atoms with Gasteiger partial charge in [0.05, 0.1) is 12.1 Å². The first-order chi connectivity index (χ1) is 11.2. The molecule has 2 heterocycles. The average molecular weight is 315 g/mol. The molecule has 1 fully saturated rings. The average Bonchev–Trinajstić information content (AvgIpc) is 3.10. The summed E-state index contributed by atoms with van der Waals surface area (Å²) in [6, 6.07) is 3.35. The van der Waals surface area contributed by atoms with Gasteiger partial charge in [-0.05, 0) is 30.5 Å². The zero-order chi connectivity index (χ0) is 16.1. The van der Waals surface area contributed by atoms with E-state index in [9.17, 15) is 9.90 Å². The number of nitrogens with one attached hydrogen (secondary N) is 2. The van der Waals surface area contributed by atoms with E-state index in [2.05, 4.69) is 20.6 Å². The number of aromatic nitrogens is 3. The summed E-state index contributed by atoms with van der Waals surface area (Å²) in [6.07, 6.45) is 10.1. The number of carbonyl (C=O) groups excluding carboxylic acids is 1. The summed E-state index contributed by atoms with van der Waals surface area (Å²) in [7, 11) is 0. The van der Waals surface area contributed by atoms with Crippen molar-refractivity contribution in [3.05, 3.63) is 42.6 Å². The van der Waals surface area contributed by atoms with Crippen molar-refractivity contribution in [1.29, 1.82) is 0 Å². The van der Waals surface area contributed by atoms with E-state index >= 15 is 0 Å². The van der Waals surface area contributed by atoms with Crippen molar-refractivity contribution < 1.29 is 9.90 Å². The number of nitrogens with zero attached hydrogens (tertiary/aromatic N) is 3. The molecule has 1 aliphatic rings. The van der Waals surface area contributed by atoms with Crippen molar-refractivity contribution >= 4 is 6.03 Å². The lowest BCUT2D eigenvalue weighted by molar-refractivity contribution is 0.0943. The number of imidazole rings is 1. The largest absolute Gasteiger partial charge is 0.391 e. The third-order valence-corrected chi connectivity index (χ3v) is 4.08. The number of aliphatic hydroxyl groups is 1. The van der Waals surface area contributed by atoms with E-state index in [1.807, 2.05) is 22.9 Å². The monoisotopic (exact) mass is 315 g/mol. The topological polar surface area (TPSA) is 92.1 Å². The van der Waals surface area contributed by atoms with Crippen LogP contribution in [-0.2, 0) is 6.54 Å². The van der Waals surface area contributed by atoms with Gasteiger partial charge in [-0.25, -0.2) is 14.8 Å².